The first-order chi connectivity index (χ1) is 9.65. The molecule has 104 valence electrons. The molecule has 1 aromatic heterocycles. The number of nitrogens with zero attached hydrogens (tertiary/aromatic N) is 3. The van der Waals surface area contributed by atoms with Gasteiger partial charge in [-0.1, -0.05) is 0 Å². The molecule has 2 aromatic rings. The van der Waals surface area contributed by atoms with Crippen molar-refractivity contribution in [2.24, 2.45) is 0 Å². The van der Waals surface area contributed by atoms with Gasteiger partial charge >= 0.3 is 0 Å². The fraction of sp³-hybridized carbons (Fsp3) is 0.357. The quantitative estimate of drug-likeness (QED) is 0.667. The summed E-state index contributed by atoms with van der Waals surface area (Å²) in [6.07, 6.45) is 0. The Bertz CT molecular complexity index is 666. The summed E-state index contributed by atoms with van der Waals surface area (Å²) in [5.74, 6) is 0. The summed E-state index contributed by atoms with van der Waals surface area (Å²) in [6.45, 7) is 5.62. The molecule has 20 heavy (non-hydrogen) atoms. The Morgan fingerprint density at radius 2 is 2.05 bits per heavy atom. The third kappa shape index (κ3) is 2.30. The molecule has 0 amide bonds. The van der Waals surface area contributed by atoms with E-state index in [1.54, 1.807) is 12.1 Å². The predicted molar refractivity (Wildman–Crippen MR) is 78.2 cm³/mol. The van der Waals surface area contributed by atoms with Crippen LogP contribution in [0.1, 0.15) is 5.69 Å². The normalized spacial score (nSPS) is 15.6. The minimum atomic E-state index is -0.360. The van der Waals surface area contributed by atoms with Gasteiger partial charge in [0.15, 0.2) is 0 Å². The Morgan fingerprint density at radius 1 is 1.30 bits per heavy atom. The van der Waals surface area contributed by atoms with Crippen molar-refractivity contribution in [3.63, 3.8) is 0 Å². The molecule has 0 atom stereocenters. The van der Waals surface area contributed by atoms with E-state index in [1.165, 1.54) is 6.07 Å². The lowest BCUT2D eigenvalue weighted by Gasteiger charge is -2.30. The summed E-state index contributed by atoms with van der Waals surface area (Å²) < 4.78 is 0. The molecule has 1 N–H and O–H groups in total. The third-order valence-corrected chi connectivity index (χ3v) is 3.57. The fourth-order valence-corrected chi connectivity index (χ4v) is 2.61. The van der Waals surface area contributed by atoms with Gasteiger partial charge in [-0.2, -0.15) is 0 Å². The Hall–Kier alpha value is -2.21. The van der Waals surface area contributed by atoms with Crippen molar-refractivity contribution in [2.45, 2.75) is 6.92 Å². The van der Waals surface area contributed by atoms with Gasteiger partial charge in [-0.15, -0.1) is 0 Å². The van der Waals surface area contributed by atoms with E-state index in [9.17, 15) is 10.1 Å². The number of nitro benzene ring substituents is 1. The van der Waals surface area contributed by atoms with Gasteiger partial charge in [0, 0.05) is 55.1 Å². The van der Waals surface area contributed by atoms with Gasteiger partial charge in [-0.3, -0.25) is 15.1 Å². The number of benzene rings is 1. The number of aromatic nitrogens is 1. The molecule has 0 saturated carbocycles. The smallest absolute Gasteiger partial charge is 0.270 e. The van der Waals surface area contributed by atoms with Gasteiger partial charge in [0.25, 0.3) is 5.69 Å². The molecule has 0 unspecified atom stereocenters. The van der Waals surface area contributed by atoms with Crippen LogP contribution in [0.15, 0.2) is 24.3 Å². The van der Waals surface area contributed by atoms with Crippen molar-refractivity contribution < 1.29 is 4.92 Å². The highest BCUT2D eigenvalue weighted by Crippen LogP contribution is 2.30. The maximum absolute atomic E-state index is 11.0. The molecule has 1 saturated heterocycles. The molecule has 1 fully saturated rings. The summed E-state index contributed by atoms with van der Waals surface area (Å²) in [7, 11) is 0. The summed E-state index contributed by atoms with van der Waals surface area (Å²) in [5, 5.41) is 15.1. The molecule has 6 heteroatoms. The number of nitrogens with one attached hydrogen (secondary N) is 1. The lowest BCUT2D eigenvalue weighted by Crippen LogP contribution is -2.43. The molecular formula is C14H16N4O2. The van der Waals surface area contributed by atoms with E-state index < -0.39 is 0 Å². The van der Waals surface area contributed by atoms with Crippen molar-refractivity contribution in [1.82, 2.24) is 10.3 Å². The molecule has 1 aliphatic rings. The summed E-state index contributed by atoms with van der Waals surface area (Å²) >= 11 is 0. The zero-order chi connectivity index (χ0) is 14.1. The number of hydrogen-bond donors (Lipinski definition) is 1. The average molecular weight is 272 g/mol. The molecule has 0 bridgehead atoms. The number of piperazine rings is 1. The first-order valence-corrected chi connectivity index (χ1v) is 6.66. The lowest BCUT2D eigenvalue weighted by molar-refractivity contribution is -0.384. The molecule has 0 spiro atoms. The van der Waals surface area contributed by atoms with Gasteiger partial charge in [0.2, 0.25) is 0 Å². The van der Waals surface area contributed by atoms with Crippen LogP contribution in [0, 0.1) is 17.0 Å². The standard InChI is InChI=1S/C14H16N4O2/c1-10-8-14(17-6-4-15-5-7-17)12-9-11(18(19)20)2-3-13(12)16-10/h2-3,8-9,15H,4-7H2,1H3. The average Bonchev–Trinajstić information content (AvgIpc) is 2.46. The van der Waals surface area contributed by atoms with Crippen LogP contribution in [0.5, 0.6) is 0 Å². The number of rotatable bonds is 2. The van der Waals surface area contributed by atoms with Crippen molar-refractivity contribution in [2.75, 3.05) is 31.1 Å². The predicted octanol–water partition coefficient (Wildman–Crippen LogP) is 1.86. The minimum Gasteiger partial charge on any atom is -0.368 e. The first-order valence-electron chi connectivity index (χ1n) is 6.66. The van der Waals surface area contributed by atoms with Gasteiger partial charge in [0.05, 0.1) is 10.4 Å². The fourth-order valence-electron chi connectivity index (χ4n) is 2.61. The number of pyridine rings is 1. The first kappa shape index (κ1) is 12.8. The summed E-state index contributed by atoms with van der Waals surface area (Å²) in [5.41, 5.74) is 2.89. The van der Waals surface area contributed by atoms with Gasteiger partial charge in [-0.25, -0.2) is 0 Å². The SMILES string of the molecule is Cc1cc(N2CCNCC2)c2cc([N+](=O)[O-])ccc2n1. The molecule has 1 aromatic carbocycles. The van der Waals surface area contributed by atoms with E-state index in [2.05, 4.69) is 15.2 Å². The lowest BCUT2D eigenvalue weighted by atomic mass is 10.1. The van der Waals surface area contributed by atoms with Crippen LogP contribution in [0.25, 0.3) is 10.9 Å². The van der Waals surface area contributed by atoms with E-state index in [-0.39, 0.29) is 10.6 Å². The highest BCUT2D eigenvalue weighted by atomic mass is 16.6. The second-order valence-electron chi connectivity index (χ2n) is 4.98. The van der Waals surface area contributed by atoms with E-state index in [0.29, 0.717) is 0 Å². The van der Waals surface area contributed by atoms with E-state index in [0.717, 1.165) is 48.5 Å². The Kier molecular flexibility index (Phi) is 3.23. The van der Waals surface area contributed by atoms with Crippen LogP contribution in [0.4, 0.5) is 11.4 Å². The van der Waals surface area contributed by atoms with Gasteiger partial charge < -0.3 is 10.2 Å². The van der Waals surface area contributed by atoms with Crippen molar-refractivity contribution in [3.8, 4) is 0 Å². The second-order valence-corrected chi connectivity index (χ2v) is 4.98. The molecule has 2 heterocycles. The molecule has 0 radical (unpaired) electrons. The molecule has 3 rings (SSSR count). The molecular weight excluding hydrogens is 256 g/mol. The van der Waals surface area contributed by atoms with E-state index in [4.69, 9.17) is 0 Å². The number of fused-ring (bicyclic) bond motifs is 1. The van der Waals surface area contributed by atoms with Crippen LogP contribution >= 0.6 is 0 Å². The number of anilines is 1. The maximum atomic E-state index is 11.0. The third-order valence-electron chi connectivity index (χ3n) is 3.57. The maximum Gasteiger partial charge on any atom is 0.270 e. The van der Waals surface area contributed by atoms with Crippen LogP contribution in [0.3, 0.4) is 0 Å². The topological polar surface area (TPSA) is 71.3 Å². The second kappa shape index (κ2) is 5.05. The highest BCUT2D eigenvalue weighted by molar-refractivity contribution is 5.93. The Labute approximate surface area is 116 Å². The summed E-state index contributed by atoms with van der Waals surface area (Å²) in [4.78, 5) is 17.3. The number of non-ortho nitro benzene ring substituents is 1. The number of hydrogen-bond acceptors (Lipinski definition) is 5. The van der Waals surface area contributed by atoms with Crippen LogP contribution < -0.4 is 10.2 Å². The summed E-state index contributed by atoms with van der Waals surface area (Å²) in [6, 6.07) is 6.87. The number of nitro groups is 1. The minimum absolute atomic E-state index is 0.111. The molecule has 0 aliphatic carbocycles. The van der Waals surface area contributed by atoms with Crippen molar-refractivity contribution >= 4 is 22.3 Å². The van der Waals surface area contributed by atoms with Crippen molar-refractivity contribution in [1.29, 1.82) is 0 Å². The number of aryl methyl sites for hydroxylation is 1. The van der Waals surface area contributed by atoms with Crippen molar-refractivity contribution in [3.05, 3.63) is 40.1 Å². The van der Waals surface area contributed by atoms with E-state index in [1.807, 2.05) is 13.0 Å². The Morgan fingerprint density at radius 3 is 2.75 bits per heavy atom. The van der Waals surface area contributed by atoms with Crippen LogP contribution in [-0.4, -0.2) is 36.1 Å². The zero-order valence-corrected chi connectivity index (χ0v) is 11.3. The highest BCUT2D eigenvalue weighted by Gasteiger charge is 2.16. The van der Waals surface area contributed by atoms with Gasteiger partial charge in [0.1, 0.15) is 0 Å². The molecule has 6 nitrogen and oxygen atoms in total. The molecule has 1 aliphatic heterocycles. The van der Waals surface area contributed by atoms with E-state index >= 15 is 0 Å². The van der Waals surface area contributed by atoms with Crippen LogP contribution in [-0.2, 0) is 0 Å². The van der Waals surface area contributed by atoms with Gasteiger partial charge in [-0.05, 0) is 19.1 Å². The van der Waals surface area contributed by atoms with Crippen LogP contribution in [0.2, 0.25) is 0 Å². The largest absolute Gasteiger partial charge is 0.368 e. The Balaban J connectivity index is 2.16. The zero-order valence-electron chi connectivity index (χ0n) is 11.3. The monoisotopic (exact) mass is 272 g/mol.